The van der Waals surface area contributed by atoms with Crippen LogP contribution in [0, 0.1) is 12.7 Å². The second-order valence-corrected chi connectivity index (χ2v) is 6.14. The van der Waals surface area contributed by atoms with Crippen LogP contribution in [0.3, 0.4) is 0 Å². The lowest BCUT2D eigenvalue weighted by atomic mass is 10.2. The summed E-state index contributed by atoms with van der Waals surface area (Å²) in [5.74, 6) is 1.96. The average molecular weight is 375 g/mol. The lowest BCUT2D eigenvalue weighted by Crippen LogP contribution is -2.02. The van der Waals surface area contributed by atoms with Gasteiger partial charge in [0.25, 0.3) is 0 Å². The van der Waals surface area contributed by atoms with Gasteiger partial charge in [0.2, 0.25) is 0 Å². The summed E-state index contributed by atoms with van der Waals surface area (Å²) in [4.78, 5) is 17.7. The average Bonchev–Trinajstić information content (AvgIpc) is 2.72. The fourth-order valence-electron chi connectivity index (χ4n) is 2.82. The van der Waals surface area contributed by atoms with Gasteiger partial charge >= 0.3 is 0 Å². The molecule has 0 radical (unpaired) electrons. The maximum atomic E-state index is 13.6. The van der Waals surface area contributed by atoms with Gasteiger partial charge in [0.15, 0.2) is 5.82 Å². The van der Waals surface area contributed by atoms with E-state index in [0.717, 1.165) is 22.2 Å². The van der Waals surface area contributed by atoms with Gasteiger partial charge in [-0.05, 0) is 56.3 Å². The third kappa shape index (κ3) is 3.59. The summed E-state index contributed by atoms with van der Waals surface area (Å²) >= 11 is 0. The van der Waals surface area contributed by atoms with Crippen molar-refractivity contribution in [3.8, 4) is 17.1 Å². The zero-order valence-electron chi connectivity index (χ0n) is 15.5. The van der Waals surface area contributed by atoms with Crippen LogP contribution in [-0.4, -0.2) is 26.5 Å². The van der Waals surface area contributed by atoms with E-state index in [1.165, 1.54) is 6.07 Å². The lowest BCUT2D eigenvalue weighted by molar-refractivity contribution is 0.340. The van der Waals surface area contributed by atoms with Crippen LogP contribution in [0.2, 0.25) is 0 Å². The monoisotopic (exact) mass is 375 g/mol. The van der Waals surface area contributed by atoms with Gasteiger partial charge in [-0.3, -0.25) is 4.98 Å². The minimum Gasteiger partial charge on any atom is -0.494 e. The Morgan fingerprint density at radius 3 is 2.71 bits per heavy atom. The molecule has 3 aromatic heterocycles. The number of halogens is 1. The molecule has 4 aromatic rings. The molecule has 0 aliphatic carbocycles. The standard InChI is InChI=1S/C21H18FN5O/c1-3-28-15-6-8-18-16(11-15)21(26-19-9-7-17(22)13(2)24-19)27-20(25-18)14-5-4-10-23-12-14/h4-12H,3H2,1-2H3,(H,24,25,26,27). The molecule has 0 aliphatic rings. The topological polar surface area (TPSA) is 72.8 Å². The number of fused-ring (bicyclic) bond motifs is 1. The lowest BCUT2D eigenvalue weighted by Gasteiger charge is -2.12. The smallest absolute Gasteiger partial charge is 0.163 e. The summed E-state index contributed by atoms with van der Waals surface area (Å²) in [6, 6.07) is 12.3. The van der Waals surface area contributed by atoms with Crippen LogP contribution in [0.4, 0.5) is 16.0 Å². The number of aryl methyl sites for hydroxylation is 1. The van der Waals surface area contributed by atoms with Crippen molar-refractivity contribution in [1.29, 1.82) is 0 Å². The van der Waals surface area contributed by atoms with Gasteiger partial charge in [0, 0.05) is 23.3 Å². The highest BCUT2D eigenvalue weighted by Crippen LogP contribution is 2.29. The molecule has 0 unspecified atom stereocenters. The highest BCUT2D eigenvalue weighted by Gasteiger charge is 2.12. The number of ether oxygens (including phenoxy) is 1. The Kier molecular flexibility index (Phi) is 4.80. The fraction of sp³-hybridized carbons (Fsp3) is 0.143. The SMILES string of the molecule is CCOc1ccc2nc(-c3cccnc3)nc(Nc3ccc(F)c(C)n3)c2c1. The molecule has 0 amide bonds. The fourth-order valence-corrected chi connectivity index (χ4v) is 2.82. The van der Waals surface area contributed by atoms with Crippen LogP contribution < -0.4 is 10.1 Å². The molecule has 6 nitrogen and oxygen atoms in total. The van der Waals surface area contributed by atoms with E-state index in [0.29, 0.717) is 29.8 Å². The van der Waals surface area contributed by atoms with Crippen LogP contribution in [-0.2, 0) is 0 Å². The van der Waals surface area contributed by atoms with Gasteiger partial charge in [-0.25, -0.2) is 19.3 Å². The third-order valence-electron chi connectivity index (χ3n) is 4.17. The van der Waals surface area contributed by atoms with Crippen molar-refractivity contribution in [2.45, 2.75) is 13.8 Å². The van der Waals surface area contributed by atoms with E-state index >= 15 is 0 Å². The number of aromatic nitrogens is 4. The molecule has 0 bridgehead atoms. The second-order valence-electron chi connectivity index (χ2n) is 6.14. The molecule has 7 heteroatoms. The maximum absolute atomic E-state index is 13.6. The number of nitrogens with zero attached hydrogens (tertiary/aromatic N) is 4. The summed E-state index contributed by atoms with van der Waals surface area (Å²) < 4.78 is 19.2. The van der Waals surface area contributed by atoms with E-state index in [1.807, 2.05) is 37.3 Å². The van der Waals surface area contributed by atoms with Crippen molar-refractivity contribution in [2.24, 2.45) is 0 Å². The van der Waals surface area contributed by atoms with Crippen molar-refractivity contribution in [1.82, 2.24) is 19.9 Å². The zero-order chi connectivity index (χ0) is 19.5. The first kappa shape index (κ1) is 17.8. The first-order valence-corrected chi connectivity index (χ1v) is 8.89. The van der Waals surface area contributed by atoms with Gasteiger partial charge in [0.05, 0.1) is 17.8 Å². The number of pyridine rings is 2. The van der Waals surface area contributed by atoms with E-state index in [1.54, 1.807) is 25.4 Å². The van der Waals surface area contributed by atoms with Gasteiger partial charge in [-0.15, -0.1) is 0 Å². The molecule has 0 aliphatic heterocycles. The van der Waals surface area contributed by atoms with Gasteiger partial charge in [-0.1, -0.05) is 0 Å². The van der Waals surface area contributed by atoms with E-state index in [-0.39, 0.29) is 5.82 Å². The Labute approximate surface area is 161 Å². The van der Waals surface area contributed by atoms with Crippen LogP contribution in [0.25, 0.3) is 22.3 Å². The predicted octanol–water partition coefficient (Wildman–Crippen LogP) is 4.68. The summed E-state index contributed by atoms with van der Waals surface area (Å²) in [6.07, 6.45) is 3.41. The third-order valence-corrected chi connectivity index (χ3v) is 4.17. The second kappa shape index (κ2) is 7.56. The van der Waals surface area contributed by atoms with Crippen molar-refractivity contribution in [2.75, 3.05) is 11.9 Å². The molecule has 4 rings (SSSR count). The Balaban J connectivity index is 1.86. The van der Waals surface area contributed by atoms with Gasteiger partial charge < -0.3 is 10.1 Å². The predicted molar refractivity (Wildman–Crippen MR) is 106 cm³/mol. The summed E-state index contributed by atoms with van der Waals surface area (Å²) in [5, 5.41) is 3.97. The number of rotatable bonds is 5. The van der Waals surface area contributed by atoms with E-state index in [2.05, 4.69) is 25.3 Å². The molecular weight excluding hydrogens is 357 g/mol. The molecule has 1 N–H and O–H groups in total. The molecular formula is C21H18FN5O. The van der Waals surface area contributed by atoms with Crippen molar-refractivity contribution in [3.05, 3.63) is 66.4 Å². The number of hydrogen-bond acceptors (Lipinski definition) is 6. The Bertz CT molecular complexity index is 1130. The number of anilines is 2. The summed E-state index contributed by atoms with van der Waals surface area (Å²) in [7, 11) is 0. The highest BCUT2D eigenvalue weighted by molar-refractivity contribution is 5.93. The molecule has 0 spiro atoms. The normalized spacial score (nSPS) is 10.8. The molecule has 0 fully saturated rings. The molecule has 0 saturated heterocycles. The summed E-state index contributed by atoms with van der Waals surface area (Å²) in [6.45, 7) is 4.10. The quantitative estimate of drug-likeness (QED) is 0.546. The summed E-state index contributed by atoms with van der Waals surface area (Å²) in [5.41, 5.74) is 1.86. The van der Waals surface area contributed by atoms with Crippen molar-refractivity contribution >= 4 is 22.5 Å². The molecule has 0 saturated carbocycles. The minimum atomic E-state index is -0.354. The van der Waals surface area contributed by atoms with Crippen molar-refractivity contribution in [3.63, 3.8) is 0 Å². The Hall–Kier alpha value is -3.61. The van der Waals surface area contributed by atoms with Gasteiger partial charge in [-0.2, -0.15) is 0 Å². The molecule has 1 aromatic carbocycles. The Morgan fingerprint density at radius 2 is 1.96 bits per heavy atom. The number of hydrogen-bond donors (Lipinski definition) is 1. The van der Waals surface area contributed by atoms with Crippen LogP contribution in [0.1, 0.15) is 12.6 Å². The first-order valence-electron chi connectivity index (χ1n) is 8.89. The van der Waals surface area contributed by atoms with E-state index in [4.69, 9.17) is 4.74 Å². The largest absolute Gasteiger partial charge is 0.494 e. The number of nitrogens with one attached hydrogen (secondary N) is 1. The minimum absolute atomic E-state index is 0.311. The first-order chi connectivity index (χ1) is 13.6. The molecule has 0 atom stereocenters. The van der Waals surface area contributed by atoms with Crippen LogP contribution in [0.5, 0.6) is 5.75 Å². The molecule has 28 heavy (non-hydrogen) atoms. The molecule has 140 valence electrons. The highest BCUT2D eigenvalue weighted by atomic mass is 19.1. The van der Waals surface area contributed by atoms with Gasteiger partial charge in [0.1, 0.15) is 23.2 Å². The Morgan fingerprint density at radius 1 is 1.07 bits per heavy atom. The van der Waals surface area contributed by atoms with Crippen LogP contribution >= 0.6 is 0 Å². The zero-order valence-corrected chi connectivity index (χ0v) is 15.5. The van der Waals surface area contributed by atoms with Crippen LogP contribution in [0.15, 0.2) is 54.9 Å². The number of benzene rings is 1. The van der Waals surface area contributed by atoms with E-state index < -0.39 is 0 Å². The van der Waals surface area contributed by atoms with E-state index in [9.17, 15) is 4.39 Å². The maximum Gasteiger partial charge on any atom is 0.163 e. The van der Waals surface area contributed by atoms with Crippen molar-refractivity contribution < 1.29 is 9.13 Å². The molecule has 3 heterocycles.